The Balaban J connectivity index is 1.46. The van der Waals surface area contributed by atoms with Crippen LogP contribution < -0.4 is 20.9 Å². The lowest BCUT2D eigenvalue weighted by molar-refractivity contribution is -0.384. The van der Waals surface area contributed by atoms with E-state index >= 15 is 0 Å². The Morgan fingerprint density at radius 2 is 1.85 bits per heavy atom. The molecule has 1 fully saturated rings. The third kappa shape index (κ3) is 4.90. The summed E-state index contributed by atoms with van der Waals surface area (Å²) in [7, 11) is 4.04. The number of aromatic nitrogens is 2. The molecule has 2 amide bonds. The normalized spacial score (nSPS) is 19.7. The summed E-state index contributed by atoms with van der Waals surface area (Å²) < 4.78 is 0. The molecule has 0 radical (unpaired) electrons. The van der Waals surface area contributed by atoms with Gasteiger partial charge < -0.3 is 16.0 Å². The number of benzene rings is 1. The van der Waals surface area contributed by atoms with Gasteiger partial charge in [0.1, 0.15) is 5.82 Å². The molecular weight excluding hydrogens is 434 g/mol. The molecule has 1 aromatic heterocycles. The number of urea groups is 1. The Labute approximate surface area is 199 Å². The van der Waals surface area contributed by atoms with Gasteiger partial charge in [0.05, 0.1) is 10.6 Å². The van der Waals surface area contributed by atoms with Crippen LogP contribution in [0.2, 0.25) is 0 Å². The highest BCUT2D eigenvalue weighted by atomic mass is 16.6. The first kappa shape index (κ1) is 23.7. The lowest BCUT2D eigenvalue weighted by atomic mass is 9.89. The summed E-state index contributed by atoms with van der Waals surface area (Å²) in [6.07, 6.45) is 7.58. The summed E-state index contributed by atoms with van der Waals surface area (Å²) in [6, 6.07) is 4.13. The number of nitrogens with one attached hydrogen (secondary N) is 1. The van der Waals surface area contributed by atoms with Crippen molar-refractivity contribution in [3.8, 4) is 0 Å². The van der Waals surface area contributed by atoms with Crippen molar-refractivity contribution in [1.29, 1.82) is 0 Å². The van der Waals surface area contributed by atoms with Crippen molar-refractivity contribution in [3.05, 3.63) is 45.1 Å². The quantitative estimate of drug-likeness (QED) is 0.486. The lowest BCUT2D eigenvalue weighted by Crippen LogP contribution is -2.47. The molecule has 0 unspecified atom stereocenters. The third-order valence-corrected chi connectivity index (χ3v) is 6.87. The van der Waals surface area contributed by atoms with E-state index in [1.54, 1.807) is 17.9 Å². The molecule has 0 bridgehead atoms. The van der Waals surface area contributed by atoms with Crippen LogP contribution >= 0.6 is 0 Å². The highest BCUT2D eigenvalue weighted by Gasteiger charge is 2.31. The largest absolute Gasteiger partial charge is 0.362 e. The highest BCUT2D eigenvalue weighted by molar-refractivity contribution is 5.92. The smallest absolute Gasteiger partial charge is 0.319 e. The topological polar surface area (TPSA) is 131 Å². The minimum atomic E-state index is -0.540. The Morgan fingerprint density at radius 3 is 2.47 bits per heavy atom. The van der Waals surface area contributed by atoms with Crippen LogP contribution in [0.15, 0.2) is 18.2 Å². The minimum Gasteiger partial charge on any atom is -0.362 e. The predicted octanol–water partition coefficient (Wildman–Crippen LogP) is 3.95. The molecule has 1 aromatic carbocycles. The molecule has 0 saturated heterocycles. The minimum absolute atomic E-state index is 0.000668. The third-order valence-electron chi connectivity index (χ3n) is 6.87. The van der Waals surface area contributed by atoms with Crippen LogP contribution in [-0.2, 0) is 12.8 Å². The maximum atomic E-state index is 12.4. The molecule has 0 spiro atoms. The number of fused-ring (bicyclic) bond motifs is 1. The van der Waals surface area contributed by atoms with Crippen LogP contribution in [0.1, 0.15) is 55.3 Å². The SMILES string of the molecule is Cc1cc([N+](=O)[O-])ccc1N(C(N)=O)[C@H]1CC[C@@H](Nc2nc3c(c(N(C)C)n2)CCCC3)CC1. The molecule has 182 valence electrons. The number of hydrogen-bond acceptors (Lipinski definition) is 7. The Bertz CT molecular complexity index is 1080. The predicted molar refractivity (Wildman–Crippen MR) is 133 cm³/mol. The Kier molecular flexibility index (Phi) is 6.85. The Morgan fingerprint density at radius 1 is 1.15 bits per heavy atom. The number of non-ortho nitro benzene ring substituents is 1. The molecule has 3 N–H and O–H groups in total. The molecule has 0 atom stereocenters. The summed E-state index contributed by atoms with van der Waals surface area (Å²) in [6.45, 7) is 1.77. The van der Waals surface area contributed by atoms with Gasteiger partial charge in [-0.2, -0.15) is 4.98 Å². The number of nitrogens with two attached hydrogens (primary N) is 1. The second kappa shape index (κ2) is 9.82. The fraction of sp³-hybridized carbons (Fsp3) is 0.542. The monoisotopic (exact) mass is 467 g/mol. The van der Waals surface area contributed by atoms with E-state index in [9.17, 15) is 14.9 Å². The van der Waals surface area contributed by atoms with E-state index in [-0.39, 0.29) is 17.8 Å². The molecule has 10 heteroatoms. The van der Waals surface area contributed by atoms with Gasteiger partial charge in [0.2, 0.25) is 5.95 Å². The summed E-state index contributed by atoms with van der Waals surface area (Å²) in [5.41, 5.74) is 9.45. The number of carbonyl (C=O) groups excluding carboxylic acids is 1. The van der Waals surface area contributed by atoms with Crippen molar-refractivity contribution < 1.29 is 9.72 Å². The van der Waals surface area contributed by atoms with Gasteiger partial charge >= 0.3 is 6.03 Å². The van der Waals surface area contributed by atoms with Gasteiger partial charge in [0.15, 0.2) is 0 Å². The van der Waals surface area contributed by atoms with Crippen LogP contribution in [0.25, 0.3) is 0 Å². The number of carbonyl (C=O) groups is 1. The fourth-order valence-electron chi connectivity index (χ4n) is 5.19. The van der Waals surface area contributed by atoms with Crippen LogP contribution in [0.5, 0.6) is 0 Å². The van der Waals surface area contributed by atoms with Crippen LogP contribution in [0.4, 0.5) is 27.9 Å². The molecule has 4 rings (SSSR count). The van der Waals surface area contributed by atoms with Crippen molar-refractivity contribution in [3.63, 3.8) is 0 Å². The van der Waals surface area contributed by atoms with Crippen LogP contribution in [-0.4, -0.2) is 47.1 Å². The maximum absolute atomic E-state index is 12.4. The standard InChI is InChI=1S/C24H33N7O3/c1-15-14-18(31(33)34)12-13-21(15)30(23(25)32)17-10-8-16(9-11-17)26-24-27-20-7-5-4-6-19(20)22(28-24)29(2)3/h12-14,16-17H,4-11H2,1-3H3,(H2,25,32)(H,26,27,28)/t16-,17+. The van der Waals surface area contributed by atoms with E-state index in [2.05, 4.69) is 10.2 Å². The average Bonchev–Trinajstić information content (AvgIpc) is 2.80. The van der Waals surface area contributed by atoms with Crippen molar-refractivity contribution >= 4 is 29.2 Å². The van der Waals surface area contributed by atoms with E-state index in [1.165, 1.54) is 24.1 Å². The molecule has 34 heavy (non-hydrogen) atoms. The first-order chi connectivity index (χ1) is 16.2. The van der Waals surface area contributed by atoms with E-state index in [0.717, 1.165) is 56.5 Å². The second-order valence-corrected chi connectivity index (χ2v) is 9.48. The van der Waals surface area contributed by atoms with Crippen LogP contribution in [0, 0.1) is 17.0 Å². The molecule has 0 aliphatic heterocycles. The summed E-state index contributed by atoms with van der Waals surface area (Å²) in [5, 5.41) is 14.6. The van der Waals surface area contributed by atoms with Gasteiger partial charge in [-0.05, 0) is 69.9 Å². The molecule has 2 aromatic rings. The van der Waals surface area contributed by atoms with Crippen molar-refractivity contribution in [2.24, 2.45) is 5.73 Å². The summed E-state index contributed by atoms with van der Waals surface area (Å²) in [5.74, 6) is 1.67. The van der Waals surface area contributed by atoms with Gasteiger partial charge in [0, 0.05) is 49.6 Å². The van der Waals surface area contributed by atoms with Crippen molar-refractivity contribution in [2.45, 2.75) is 70.4 Å². The highest BCUT2D eigenvalue weighted by Crippen LogP contribution is 2.33. The van der Waals surface area contributed by atoms with Gasteiger partial charge in [-0.15, -0.1) is 0 Å². The number of primary amides is 1. The van der Waals surface area contributed by atoms with Gasteiger partial charge in [-0.25, -0.2) is 9.78 Å². The molecule has 2 aliphatic carbocycles. The van der Waals surface area contributed by atoms with E-state index < -0.39 is 11.0 Å². The number of rotatable bonds is 6. The molecule has 10 nitrogen and oxygen atoms in total. The second-order valence-electron chi connectivity index (χ2n) is 9.48. The number of amides is 2. The average molecular weight is 468 g/mol. The molecule has 2 aliphatic rings. The number of nitro groups is 1. The lowest BCUT2D eigenvalue weighted by Gasteiger charge is -2.37. The zero-order valence-electron chi connectivity index (χ0n) is 20.1. The first-order valence-electron chi connectivity index (χ1n) is 11.9. The number of anilines is 3. The zero-order chi connectivity index (χ0) is 24.4. The molecular formula is C24H33N7O3. The summed E-state index contributed by atoms with van der Waals surface area (Å²) >= 11 is 0. The van der Waals surface area contributed by atoms with E-state index in [0.29, 0.717) is 17.2 Å². The number of hydrogen-bond donors (Lipinski definition) is 2. The first-order valence-corrected chi connectivity index (χ1v) is 11.9. The van der Waals surface area contributed by atoms with Gasteiger partial charge in [-0.3, -0.25) is 15.0 Å². The summed E-state index contributed by atoms with van der Waals surface area (Å²) in [4.78, 5) is 36.3. The number of aryl methyl sites for hydroxylation is 2. The van der Waals surface area contributed by atoms with E-state index in [4.69, 9.17) is 15.7 Å². The van der Waals surface area contributed by atoms with Gasteiger partial charge in [0.25, 0.3) is 5.69 Å². The fourth-order valence-corrected chi connectivity index (χ4v) is 5.19. The van der Waals surface area contributed by atoms with Crippen molar-refractivity contribution in [2.75, 3.05) is 29.2 Å². The van der Waals surface area contributed by atoms with Crippen LogP contribution in [0.3, 0.4) is 0 Å². The number of nitrogens with zero attached hydrogens (tertiary/aromatic N) is 5. The van der Waals surface area contributed by atoms with Crippen molar-refractivity contribution in [1.82, 2.24) is 9.97 Å². The zero-order valence-corrected chi connectivity index (χ0v) is 20.1. The van der Waals surface area contributed by atoms with E-state index in [1.807, 2.05) is 14.1 Å². The maximum Gasteiger partial charge on any atom is 0.319 e. The molecule has 1 saturated carbocycles. The van der Waals surface area contributed by atoms with Gasteiger partial charge in [-0.1, -0.05) is 0 Å². The Hall–Kier alpha value is -3.43. The number of nitro benzene ring substituents is 1. The molecule has 1 heterocycles.